The fourth-order valence-corrected chi connectivity index (χ4v) is 2.89. The molecule has 2 heterocycles. The Morgan fingerprint density at radius 1 is 1.14 bits per heavy atom. The molecule has 0 aliphatic carbocycles. The van der Waals surface area contributed by atoms with Gasteiger partial charge in [0, 0.05) is 44.0 Å². The van der Waals surface area contributed by atoms with Crippen molar-refractivity contribution in [2.75, 3.05) is 11.9 Å². The molecule has 0 atom stereocenters. The first-order valence-corrected chi connectivity index (χ1v) is 9.32. The molecule has 0 bridgehead atoms. The van der Waals surface area contributed by atoms with Gasteiger partial charge in [0.2, 0.25) is 5.91 Å². The van der Waals surface area contributed by atoms with Crippen molar-refractivity contribution >= 4 is 23.2 Å². The molecule has 1 aromatic heterocycles. The molecule has 2 amide bonds. The lowest BCUT2D eigenvalue weighted by Crippen LogP contribution is -2.25. The molecular formula is C22H24N4O2. The lowest BCUT2D eigenvalue weighted by molar-refractivity contribution is -0.118. The van der Waals surface area contributed by atoms with Gasteiger partial charge >= 0.3 is 0 Å². The van der Waals surface area contributed by atoms with Gasteiger partial charge in [-0.3, -0.25) is 14.6 Å². The number of hydrogen-bond acceptors (Lipinski definition) is 4. The largest absolute Gasteiger partial charge is 0.347 e. The van der Waals surface area contributed by atoms with Gasteiger partial charge in [0.15, 0.2) is 0 Å². The van der Waals surface area contributed by atoms with Crippen LogP contribution in [0.2, 0.25) is 0 Å². The summed E-state index contributed by atoms with van der Waals surface area (Å²) in [5, 5.41) is 2.88. The Labute approximate surface area is 165 Å². The fraction of sp³-hybridized carbons (Fsp3) is 0.273. The highest BCUT2D eigenvalue weighted by atomic mass is 16.2. The monoisotopic (exact) mass is 376 g/mol. The summed E-state index contributed by atoms with van der Waals surface area (Å²) >= 11 is 0. The number of hydrogen-bond donors (Lipinski definition) is 1. The van der Waals surface area contributed by atoms with Crippen LogP contribution in [0.3, 0.4) is 0 Å². The van der Waals surface area contributed by atoms with E-state index in [4.69, 9.17) is 0 Å². The van der Waals surface area contributed by atoms with Crippen molar-refractivity contribution in [3.63, 3.8) is 0 Å². The first-order valence-electron chi connectivity index (χ1n) is 9.32. The molecule has 6 heteroatoms. The number of pyridine rings is 1. The molecule has 0 saturated carbocycles. The Hall–Kier alpha value is -3.28. The van der Waals surface area contributed by atoms with E-state index in [-0.39, 0.29) is 11.8 Å². The van der Waals surface area contributed by atoms with Crippen LogP contribution in [0.25, 0.3) is 0 Å². The summed E-state index contributed by atoms with van der Waals surface area (Å²) in [6.45, 7) is 4.18. The van der Waals surface area contributed by atoms with Gasteiger partial charge in [-0.2, -0.15) is 0 Å². The van der Waals surface area contributed by atoms with E-state index >= 15 is 0 Å². The first-order chi connectivity index (χ1) is 13.5. The number of carbonyl (C=O) groups excluding carboxylic acids is 2. The molecule has 0 spiro atoms. The molecule has 1 N–H and O–H groups in total. The van der Waals surface area contributed by atoms with Gasteiger partial charge in [-0.1, -0.05) is 25.1 Å². The number of aryl methyl sites for hydroxylation is 1. The highest BCUT2D eigenvalue weighted by Gasteiger charge is 2.17. The third-order valence-electron chi connectivity index (χ3n) is 4.67. The number of carbonyl (C=O) groups is 2. The van der Waals surface area contributed by atoms with Crippen LogP contribution in [0, 0.1) is 6.92 Å². The smallest absolute Gasteiger partial charge is 0.269 e. The summed E-state index contributed by atoms with van der Waals surface area (Å²) in [5.74, 6) is -0.129. The second-order valence-electron chi connectivity index (χ2n) is 6.70. The topological polar surface area (TPSA) is 74.7 Å². The van der Waals surface area contributed by atoms with Crippen LogP contribution in [0.1, 0.15) is 36.6 Å². The lowest BCUT2D eigenvalue weighted by Gasteiger charge is -2.16. The van der Waals surface area contributed by atoms with Gasteiger partial charge in [-0.25, -0.2) is 4.99 Å². The highest BCUT2D eigenvalue weighted by Crippen LogP contribution is 2.20. The van der Waals surface area contributed by atoms with Crippen molar-refractivity contribution in [3.05, 3.63) is 71.2 Å². The van der Waals surface area contributed by atoms with Crippen LogP contribution in [0.15, 0.2) is 59.4 Å². The molecule has 3 rings (SSSR count). The van der Waals surface area contributed by atoms with Crippen LogP contribution in [-0.2, 0) is 16.1 Å². The van der Waals surface area contributed by atoms with Crippen molar-refractivity contribution < 1.29 is 9.59 Å². The maximum absolute atomic E-state index is 12.4. The van der Waals surface area contributed by atoms with E-state index in [0.717, 1.165) is 28.2 Å². The SMILES string of the molecule is CCC(=O)N(C)c1ccc(C2=NC(C(=O)NCc3ccc(C)nc3)=CC2)cc1. The average molecular weight is 376 g/mol. The van der Waals surface area contributed by atoms with Crippen LogP contribution < -0.4 is 10.2 Å². The molecule has 28 heavy (non-hydrogen) atoms. The molecular weight excluding hydrogens is 352 g/mol. The van der Waals surface area contributed by atoms with E-state index in [2.05, 4.69) is 15.3 Å². The normalized spacial score (nSPS) is 13.0. The van der Waals surface area contributed by atoms with Crippen LogP contribution in [0.4, 0.5) is 5.69 Å². The number of amides is 2. The van der Waals surface area contributed by atoms with Crippen molar-refractivity contribution in [2.45, 2.75) is 33.2 Å². The predicted octanol–water partition coefficient (Wildman–Crippen LogP) is 3.16. The minimum Gasteiger partial charge on any atom is -0.347 e. The van der Waals surface area contributed by atoms with Gasteiger partial charge in [0.25, 0.3) is 5.91 Å². The van der Waals surface area contributed by atoms with Crippen molar-refractivity contribution in [1.29, 1.82) is 0 Å². The first kappa shape index (κ1) is 19.5. The van der Waals surface area contributed by atoms with Gasteiger partial charge in [-0.15, -0.1) is 0 Å². The Morgan fingerprint density at radius 2 is 1.89 bits per heavy atom. The molecule has 0 radical (unpaired) electrons. The zero-order chi connectivity index (χ0) is 20.1. The third kappa shape index (κ3) is 4.52. The third-order valence-corrected chi connectivity index (χ3v) is 4.67. The van der Waals surface area contributed by atoms with E-state index in [9.17, 15) is 9.59 Å². The maximum Gasteiger partial charge on any atom is 0.269 e. The number of benzene rings is 1. The van der Waals surface area contributed by atoms with Gasteiger partial charge in [-0.05, 0) is 42.3 Å². The summed E-state index contributed by atoms with van der Waals surface area (Å²) in [5.41, 5.74) is 4.95. The molecule has 0 unspecified atom stereocenters. The molecule has 6 nitrogen and oxygen atoms in total. The lowest BCUT2D eigenvalue weighted by atomic mass is 10.1. The second kappa shape index (κ2) is 8.61. The van der Waals surface area contributed by atoms with E-state index < -0.39 is 0 Å². The molecule has 1 aliphatic heterocycles. The van der Waals surface area contributed by atoms with Gasteiger partial charge < -0.3 is 10.2 Å². The van der Waals surface area contributed by atoms with Crippen molar-refractivity contribution in [1.82, 2.24) is 10.3 Å². The van der Waals surface area contributed by atoms with Crippen molar-refractivity contribution in [2.24, 2.45) is 4.99 Å². The minimum absolute atomic E-state index is 0.0651. The zero-order valence-electron chi connectivity index (χ0n) is 16.4. The van der Waals surface area contributed by atoms with E-state index in [1.807, 2.05) is 56.3 Å². The maximum atomic E-state index is 12.4. The van der Waals surface area contributed by atoms with Gasteiger partial charge in [0.05, 0.1) is 5.71 Å². The molecule has 144 valence electrons. The quantitative estimate of drug-likeness (QED) is 0.841. The summed E-state index contributed by atoms with van der Waals surface area (Å²) in [4.78, 5) is 34.5. The molecule has 1 aliphatic rings. The van der Waals surface area contributed by atoms with E-state index in [1.165, 1.54) is 0 Å². The molecule has 0 saturated heterocycles. The Kier molecular flexibility index (Phi) is 5.99. The van der Waals surface area contributed by atoms with E-state index in [0.29, 0.717) is 25.1 Å². The number of rotatable bonds is 6. The second-order valence-corrected chi connectivity index (χ2v) is 6.70. The average Bonchev–Trinajstić information content (AvgIpc) is 3.22. The highest BCUT2D eigenvalue weighted by molar-refractivity contribution is 6.08. The molecule has 0 fully saturated rings. The molecule has 2 aromatic rings. The zero-order valence-corrected chi connectivity index (χ0v) is 16.4. The Balaban J connectivity index is 1.61. The van der Waals surface area contributed by atoms with Crippen LogP contribution >= 0.6 is 0 Å². The fourth-order valence-electron chi connectivity index (χ4n) is 2.89. The van der Waals surface area contributed by atoms with Gasteiger partial charge in [0.1, 0.15) is 5.70 Å². The number of allylic oxidation sites excluding steroid dienone is 1. The number of nitrogens with zero attached hydrogens (tertiary/aromatic N) is 3. The standard InChI is InChI=1S/C22H24N4O2/c1-4-21(27)26(3)18-9-7-17(8-10-18)19-11-12-20(25-19)22(28)24-14-16-6-5-15(2)23-13-16/h5-10,12-13H,4,11,14H2,1-3H3,(H,24,28). The Morgan fingerprint density at radius 3 is 2.54 bits per heavy atom. The summed E-state index contributed by atoms with van der Waals surface area (Å²) in [6, 6.07) is 11.5. The van der Waals surface area contributed by atoms with Crippen LogP contribution in [-0.4, -0.2) is 29.6 Å². The summed E-state index contributed by atoms with van der Waals surface area (Å²) < 4.78 is 0. The minimum atomic E-state index is -0.194. The van der Waals surface area contributed by atoms with Crippen molar-refractivity contribution in [3.8, 4) is 0 Å². The number of aromatic nitrogens is 1. The van der Waals surface area contributed by atoms with E-state index in [1.54, 1.807) is 18.1 Å². The number of anilines is 1. The summed E-state index contributed by atoms with van der Waals surface area (Å²) in [6.07, 6.45) is 4.66. The predicted molar refractivity (Wildman–Crippen MR) is 110 cm³/mol. The number of aliphatic imine (C=N–C) groups is 1. The molecule has 1 aromatic carbocycles. The van der Waals surface area contributed by atoms with Crippen LogP contribution in [0.5, 0.6) is 0 Å². The number of nitrogens with one attached hydrogen (secondary N) is 1. The Bertz CT molecular complexity index is 928. The summed E-state index contributed by atoms with van der Waals surface area (Å²) in [7, 11) is 1.77.